The average Bonchev–Trinajstić information content (AvgIpc) is 3.02. The van der Waals surface area contributed by atoms with Crippen LogP contribution in [0.3, 0.4) is 0 Å². The highest BCUT2D eigenvalue weighted by Gasteiger charge is 2.10. The number of H-pyrrole nitrogens is 1. The number of rotatable bonds is 2. The van der Waals surface area contributed by atoms with E-state index in [9.17, 15) is 4.79 Å². The number of hydrogen-bond acceptors (Lipinski definition) is 4. The van der Waals surface area contributed by atoms with Crippen molar-refractivity contribution in [1.82, 2.24) is 15.4 Å². The normalized spacial score (nSPS) is 10.8. The van der Waals surface area contributed by atoms with Crippen LogP contribution in [0.2, 0.25) is 4.34 Å². The van der Waals surface area contributed by atoms with E-state index in [0.717, 1.165) is 15.9 Å². The highest BCUT2D eigenvalue weighted by molar-refractivity contribution is 7.19. The lowest BCUT2D eigenvalue weighted by Gasteiger charge is -1.97. The first kappa shape index (κ1) is 12.2. The van der Waals surface area contributed by atoms with E-state index in [0.29, 0.717) is 15.7 Å². The number of halogens is 1. The van der Waals surface area contributed by atoms with Crippen molar-refractivity contribution in [3.63, 3.8) is 0 Å². The molecule has 1 aromatic carbocycles. The molecule has 0 bridgehead atoms. The van der Waals surface area contributed by atoms with Gasteiger partial charge < -0.3 is 4.98 Å². The van der Waals surface area contributed by atoms with Crippen LogP contribution in [0.15, 0.2) is 30.3 Å². The summed E-state index contributed by atoms with van der Waals surface area (Å²) in [5, 5.41) is 8.61. The molecular formula is C12H8ClN3O2S. The van der Waals surface area contributed by atoms with Gasteiger partial charge in [0.25, 0.3) is 5.91 Å². The fourth-order valence-corrected chi connectivity index (χ4v) is 2.76. The summed E-state index contributed by atoms with van der Waals surface area (Å²) in [6.45, 7) is 0. The highest BCUT2D eigenvalue weighted by atomic mass is 35.5. The first-order valence-electron chi connectivity index (χ1n) is 5.37. The molecule has 0 spiro atoms. The Bertz CT molecular complexity index is 765. The summed E-state index contributed by atoms with van der Waals surface area (Å²) in [7, 11) is 0. The Balaban J connectivity index is 2.08. The summed E-state index contributed by atoms with van der Waals surface area (Å²) in [5.74, 6) is 0.144. The van der Waals surface area contributed by atoms with E-state index in [1.165, 1.54) is 11.3 Å². The van der Waals surface area contributed by atoms with Crippen molar-refractivity contribution in [2.24, 2.45) is 0 Å². The molecule has 96 valence electrons. The standard InChI is InChI=1S/C12H8ClN3O2S/c13-10-4-3-9(19-10)11-14-7-2-1-6(12(17)16-18)5-8(7)15-11/h1-5,18H,(H,14,15)(H,16,17). The third kappa shape index (κ3) is 2.21. The summed E-state index contributed by atoms with van der Waals surface area (Å²) in [6, 6.07) is 8.63. The van der Waals surface area contributed by atoms with Gasteiger partial charge in [-0.15, -0.1) is 11.3 Å². The number of thiophene rings is 1. The minimum atomic E-state index is -0.558. The molecule has 0 unspecified atom stereocenters. The van der Waals surface area contributed by atoms with Gasteiger partial charge in [0.05, 0.1) is 20.2 Å². The van der Waals surface area contributed by atoms with Crippen molar-refractivity contribution in [1.29, 1.82) is 0 Å². The minimum absolute atomic E-state index is 0.356. The van der Waals surface area contributed by atoms with Gasteiger partial charge in [-0.25, -0.2) is 10.5 Å². The van der Waals surface area contributed by atoms with Gasteiger partial charge in [0.15, 0.2) is 0 Å². The molecule has 0 aliphatic heterocycles. The van der Waals surface area contributed by atoms with Crippen LogP contribution in [0, 0.1) is 0 Å². The van der Waals surface area contributed by atoms with E-state index < -0.39 is 5.91 Å². The second-order valence-corrected chi connectivity index (χ2v) is 5.58. The number of nitrogens with one attached hydrogen (secondary N) is 2. The fourth-order valence-electron chi connectivity index (χ4n) is 1.77. The number of aromatic amines is 1. The number of amides is 1. The van der Waals surface area contributed by atoms with E-state index in [-0.39, 0.29) is 0 Å². The van der Waals surface area contributed by atoms with Crippen molar-refractivity contribution < 1.29 is 10.0 Å². The van der Waals surface area contributed by atoms with Crippen LogP contribution in [0.25, 0.3) is 21.7 Å². The molecule has 2 heterocycles. The topological polar surface area (TPSA) is 78.0 Å². The van der Waals surface area contributed by atoms with Crippen LogP contribution in [0.5, 0.6) is 0 Å². The van der Waals surface area contributed by atoms with Gasteiger partial charge in [-0.1, -0.05) is 11.6 Å². The lowest BCUT2D eigenvalue weighted by molar-refractivity contribution is 0.0706. The number of carbonyl (C=O) groups is 1. The molecule has 0 atom stereocenters. The fraction of sp³-hybridized carbons (Fsp3) is 0. The Kier molecular flexibility index (Phi) is 2.98. The number of hydroxylamine groups is 1. The number of hydrogen-bond donors (Lipinski definition) is 3. The molecule has 0 fully saturated rings. The van der Waals surface area contributed by atoms with E-state index >= 15 is 0 Å². The lowest BCUT2D eigenvalue weighted by atomic mass is 10.2. The Morgan fingerprint density at radius 1 is 1.37 bits per heavy atom. The first-order valence-corrected chi connectivity index (χ1v) is 6.57. The smallest absolute Gasteiger partial charge is 0.274 e. The van der Waals surface area contributed by atoms with E-state index in [4.69, 9.17) is 16.8 Å². The van der Waals surface area contributed by atoms with Gasteiger partial charge in [-0.2, -0.15) is 0 Å². The molecule has 0 aliphatic rings. The number of benzene rings is 1. The maximum atomic E-state index is 11.3. The second-order valence-electron chi connectivity index (χ2n) is 3.86. The van der Waals surface area contributed by atoms with E-state index in [2.05, 4.69) is 9.97 Å². The van der Waals surface area contributed by atoms with Gasteiger partial charge in [0.1, 0.15) is 5.82 Å². The summed E-state index contributed by atoms with van der Waals surface area (Å²) >= 11 is 7.31. The summed E-state index contributed by atoms with van der Waals surface area (Å²) < 4.78 is 0.691. The van der Waals surface area contributed by atoms with Crippen molar-refractivity contribution in [3.05, 3.63) is 40.2 Å². The van der Waals surface area contributed by atoms with Gasteiger partial charge in [-0.3, -0.25) is 10.0 Å². The molecule has 0 saturated heterocycles. The first-order chi connectivity index (χ1) is 9.17. The third-order valence-electron chi connectivity index (χ3n) is 2.65. The van der Waals surface area contributed by atoms with Gasteiger partial charge >= 0.3 is 0 Å². The number of carbonyl (C=O) groups excluding carboxylic acids is 1. The third-order valence-corrected chi connectivity index (χ3v) is 3.89. The van der Waals surface area contributed by atoms with Crippen LogP contribution >= 0.6 is 22.9 Å². The largest absolute Gasteiger partial charge is 0.337 e. The molecule has 5 nitrogen and oxygen atoms in total. The summed E-state index contributed by atoms with van der Waals surface area (Å²) in [5.41, 5.74) is 3.42. The number of fused-ring (bicyclic) bond motifs is 1. The predicted molar refractivity (Wildman–Crippen MR) is 73.7 cm³/mol. The van der Waals surface area contributed by atoms with E-state index in [1.807, 2.05) is 6.07 Å². The predicted octanol–water partition coefficient (Wildman–Crippen LogP) is 3.06. The minimum Gasteiger partial charge on any atom is -0.337 e. The Labute approximate surface area is 116 Å². The van der Waals surface area contributed by atoms with Crippen LogP contribution in [0.1, 0.15) is 10.4 Å². The van der Waals surface area contributed by atoms with Gasteiger partial charge in [0, 0.05) is 5.56 Å². The molecule has 7 heteroatoms. The summed E-state index contributed by atoms with van der Waals surface area (Å²) in [6.07, 6.45) is 0. The maximum absolute atomic E-state index is 11.3. The Morgan fingerprint density at radius 3 is 2.89 bits per heavy atom. The second kappa shape index (κ2) is 4.65. The molecule has 0 saturated carbocycles. The molecule has 0 aliphatic carbocycles. The lowest BCUT2D eigenvalue weighted by Crippen LogP contribution is -2.18. The van der Waals surface area contributed by atoms with Gasteiger partial charge in [-0.05, 0) is 30.3 Å². The molecular weight excluding hydrogens is 286 g/mol. The SMILES string of the molecule is O=C(NO)c1ccc2nc(-c3ccc(Cl)s3)[nH]c2c1. The number of aromatic nitrogens is 2. The molecule has 19 heavy (non-hydrogen) atoms. The van der Waals surface area contributed by atoms with E-state index in [1.54, 1.807) is 29.7 Å². The average molecular weight is 294 g/mol. The summed E-state index contributed by atoms with van der Waals surface area (Å²) in [4.78, 5) is 19.8. The quantitative estimate of drug-likeness (QED) is 0.502. The zero-order chi connectivity index (χ0) is 13.4. The zero-order valence-corrected chi connectivity index (χ0v) is 11.0. The molecule has 2 aromatic heterocycles. The molecule has 3 N–H and O–H groups in total. The number of nitrogens with zero attached hydrogens (tertiary/aromatic N) is 1. The highest BCUT2D eigenvalue weighted by Crippen LogP contribution is 2.30. The van der Waals surface area contributed by atoms with Crippen molar-refractivity contribution in [3.8, 4) is 10.7 Å². The molecule has 0 radical (unpaired) electrons. The van der Waals surface area contributed by atoms with Crippen LogP contribution in [0.4, 0.5) is 0 Å². The van der Waals surface area contributed by atoms with Crippen molar-refractivity contribution in [2.45, 2.75) is 0 Å². The molecule has 3 aromatic rings. The Hall–Kier alpha value is -1.89. The van der Waals surface area contributed by atoms with Crippen molar-refractivity contribution >= 4 is 39.9 Å². The molecule has 1 amide bonds. The molecule has 3 rings (SSSR count). The van der Waals surface area contributed by atoms with Crippen LogP contribution in [-0.2, 0) is 0 Å². The zero-order valence-electron chi connectivity index (χ0n) is 9.48. The van der Waals surface area contributed by atoms with Crippen LogP contribution in [-0.4, -0.2) is 21.1 Å². The maximum Gasteiger partial charge on any atom is 0.274 e. The van der Waals surface area contributed by atoms with Crippen LogP contribution < -0.4 is 5.48 Å². The monoisotopic (exact) mass is 293 g/mol. The number of imidazole rings is 1. The van der Waals surface area contributed by atoms with Crippen molar-refractivity contribution in [2.75, 3.05) is 0 Å². The van der Waals surface area contributed by atoms with Gasteiger partial charge in [0.2, 0.25) is 0 Å². The Morgan fingerprint density at radius 2 is 2.21 bits per heavy atom.